The van der Waals surface area contributed by atoms with Crippen molar-refractivity contribution in [2.45, 2.75) is 6.54 Å². The SMILES string of the molecule is COc1ccc(OC)c(CN2CCN(c3nc4ccc(F)cc4s3)CC2)c1. The average Bonchev–Trinajstić information content (AvgIpc) is 3.11. The first-order chi connectivity index (χ1) is 13.2. The number of anilines is 1. The molecule has 0 N–H and O–H groups in total. The van der Waals surface area contributed by atoms with E-state index in [1.165, 1.54) is 6.07 Å². The Morgan fingerprint density at radius 3 is 2.59 bits per heavy atom. The van der Waals surface area contributed by atoms with Crippen LogP contribution in [0, 0.1) is 5.82 Å². The summed E-state index contributed by atoms with van der Waals surface area (Å²) >= 11 is 1.55. The minimum absolute atomic E-state index is 0.213. The lowest BCUT2D eigenvalue weighted by Crippen LogP contribution is -2.45. The largest absolute Gasteiger partial charge is 0.497 e. The third kappa shape index (κ3) is 3.84. The molecule has 4 rings (SSSR count). The van der Waals surface area contributed by atoms with Crippen LogP contribution in [0.25, 0.3) is 10.2 Å². The summed E-state index contributed by atoms with van der Waals surface area (Å²) in [5.41, 5.74) is 1.99. The maximum absolute atomic E-state index is 13.4. The number of halogens is 1. The highest BCUT2D eigenvalue weighted by molar-refractivity contribution is 7.22. The molecular weight excluding hydrogens is 365 g/mol. The maximum atomic E-state index is 13.4. The Kier molecular flexibility index (Phi) is 5.13. The van der Waals surface area contributed by atoms with Crippen molar-refractivity contribution in [2.24, 2.45) is 0 Å². The number of rotatable bonds is 5. The zero-order valence-electron chi connectivity index (χ0n) is 15.4. The summed E-state index contributed by atoms with van der Waals surface area (Å²) in [7, 11) is 3.37. The molecule has 3 aromatic rings. The van der Waals surface area contributed by atoms with Gasteiger partial charge in [-0.3, -0.25) is 4.90 Å². The van der Waals surface area contributed by atoms with Crippen LogP contribution in [0.2, 0.25) is 0 Å². The summed E-state index contributed by atoms with van der Waals surface area (Å²) in [6, 6.07) is 10.7. The molecule has 27 heavy (non-hydrogen) atoms. The Morgan fingerprint density at radius 2 is 1.85 bits per heavy atom. The second-order valence-electron chi connectivity index (χ2n) is 6.55. The summed E-state index contributed by atoms with van der Waals surface area (Å²) in [5, 5.41) is 0.967. The van der Waals surface area contributed by atoms with Gasteiger partial charge in [-0.2, -0.15) is 0 Å². The van der Waals surface area contributed by atoms with Crippen molar-refractivity contribution in [2.75, 3.05) is 45.3 Å². The van der Waals surface area contributed by atoms with E-state index < -0.39 is 0 Å². The molecule has 1 aliphatic rings. The zero-order chi connectivity index (χ0) is 18.8. The van der Waals surface area contributed by atoms with Gasteiger partial charge in [0.2, 0.25) is 0 Å². The summed E-state index contributed by atoms with van der Waals surface area (Å²) in [4.78, 5) is 9.34. The highest BCUT2D eigenvalue weighted by Gasteiger charge is 2.21. The first kappa shape index (κ1) is 18.0. The van der Waals surface area contributed by atoms with Crippen LogP contribution in [-0.2, 0) is 6.54 Å². The van der Waals surface area contributed by atoms with E-state index in [0.29, 0.717) is 0 Å². The van der Waals surface area contributed by atoms with Crippen LogP contribution in [0.1, 0.15) is 5.56 Å². The predicted octanol–water partition coefficient (Wildman–Crippen LogP) is 3.77. The summed E-state index contributed by atoms with van der Waals surface area (Å²) < 4.78 is 25.1. The second-order valence-corrected chi connectivity index (χ2v) is 7.56. The van der Waals surface area contributed by atoms with Gasteiger partial charge in [-0.25, -0.2) is 9.37 Å². The Bertz CT molecular complexity index is 938. The van der Waals surface area contributed by atoms with Gasteiger partial charge in [0.05, 0.1) is 24.4 Å². The number of hydrogen-bond acceptors (Lipinski definition) is 6. The third-order valence-electron chi connectivity index (χ3n) is 4.86. The van der Waals surface area contributed by atoms with Crippen molar-refractivity contribution >= 4 is 26.7 Å². The fourth-order valence-corrected chi connectivity index (χ4v) is 4.41. The number of ether oxygens (including phenoxy) is 2. The van der Waals surface area contributed by atoms with Gasteiger partial charge < -0.3 is 14.4 Å². The van der Waals surface area contributed by atoms with Gasteiger partial charge in [0.15, 0.2) is 5.13 Å². The quantitative estimate of drug-likeness (QED) is 0.666. The van der Waals surface area contributed by atoms with Crippen LogP contribution in [0.15, 0.2) is 36.4 Å². The number of aromatic nitrogens is 1. The van der Waals surface area contributed by atoms with E-state index in [9.17, 15) is 4.39 Å². The van der Waals surface area contributed by atoms with Crippen molar-refractivity contribution in [1.82, 2.24) is 9.88 Å². The number of methoxy groups -OCH3 is 2. The van der Waals surface area contributed by atoms with Crippen molar-refractivity contribution in [3.63, 3.8) is 0 Å². The molecular formula is C20H22FN3O2S. The highest BCUT2D eigenvalue weighted by Crippen LogP contribution is 2.30. The van der Waals surface area contributed by atoms with Gasteiger partial charge in [-0.05, 0) is 36.4 Å². The highest BCUT2D eigenvalue weighted by atomic mass is 32.1. The van der Waals surface area contributed by atoms with Crippen molar-refractivity contribution in [1.29, 1.82) is 0 Å². The Morgan fingerprint density at radius 1 is 1.04 bits per heavy atom. The van der Waals surface area contributed by atoms with Crippen LogP contribution in [-0.4, -0.2) is 50.3 Å². The molecule has 0 spiro atoms. The standard InChI is InChI=1S/C20H22FN3O2S/c1-25-16-4-6-18(26-2)14(11-16)13-23-7-9-24(10-8-23)20-22-17-5-3-15(21)12-19(17)27-20/h3-6,11-12H,7-10,13H2,1-2H3. The van der Waals surface area contributed by atoms with Gasteiger partial charge in [0.25, 0.3) is 0 Å². The minimum atomic E-state index is -0.213. The number of benzene rings is 2. The number of piperazine rings is 1. The first-order valence-electron chi connectivity index (χ1n) is 8.90. The zero-order valence-corrected chi connectivity index (χ0v) is 16.3. The molecule has 0 atom stereocenters. The minimum Gasteiger partial charge on any atom is -0.497 e. The van der Waals surface area contributed by atoms with E-state index in [4.69, 9.17) is 9.47 Å². The monoisotopic (exact) mass is 387 g/mol. The number of thiazole rings is 1. The van der Waals surface area contributed by atoms with Crippen LogP contribution in [0.3, 0.4) is 0 Å². The topological polar surface area (TPSA) is 37.8 Å². The molecule has 2 heterocycles. The predicted molar refractivity (Wildman–Crippen MR) is 107 cm³/mol. The van der Waals surface area contributed by atoms with Gasteiger partial charge in [0.1, 0.15) is 17.3 Å². The Labute approximate surface area is 161 Å². The molecule has 0 aliphatic carbocycles. The fraction of sp³-hybridized carbons (Fsp3) is 0.350. The number of fused-ring (bicyclic) bond motifs is 1. The van der Waals surface area contributed by atoms with Crippen LogP contribution in [0.5, 0.6) is 11.5 Å². The number of hydrogen-bond donors (Lipinski definition) is 0. The summed E-state index contributed by atoms with van der Waals surface area (Å²) in [6.45, 7) is 4.48. The lowest BCUT2D eigenvalue weighted by atomic mass is 10.1. The van der Waals surface area contributed by atoms with Gasteiger partial charge in [-0.15, -0.1) is 0 Å². The second kappa shape index (κ2) is 7.70. The smallest absolute Gasteiger partial charge is 0.186 e. The number of nitrogens with zero attached hydrogens (tertiary/aromatic N) is 3. The summed E-state index contributed by atoms with van der Waals surface area (Å²) in [6.07, 6.45) is 0. The molecule has 0 amide bonds. The maximum Gasteiger partial charge on any atom is 0.186 e. The van der Waals surface area contributed by atoms with E-state index in [0.717, 1.165) is 65.1 Å². The molecule has 7 heteroatoms. The molecule has 0 radical (unpaired) electrons. The van der Waals surface area contributed by atoms with Crippen LogP contribution < -0.4 is 14.4 Å². The van der Waals surface area contributed by atoms with Gasteiger partial charge in [0, 0.05) is 38.3 Å². The van der Waals surface area contributed by atoms with E-state index in [1.807, 2.05) is 18.2 Å². The third-order valence-corrected chi connectivity index (χ3v) is 5.94. The summed E-state index contributed by atoms with van der Waals surface area (Å²) in [5.74, 6) is 1.51. The van der Waals surface area contributed by atoms with Gasteiger partial charge in [-0.1, -0.05) is 11.3 Å². The van der Waals surface area contributed by atoms with E-state index in [2.05, 4.69) is 14.8 Å². The average molecular weight is 387 g/mol. The molecule has 2 aromatic carbocycles. The van der Waals surface area contributed by atoms with E-state index in [1.54, 1.807) is 37.7 Å². The Balaban J connectivity index is 1.43. The van der Waals surface area contributed by atoms with E-state index in [-0.39, 0.29) is 5.82 Å². The molecule has 1 aliphatic heterocycles. The molecule has 1 saturated heterocycles. The Hall–Kier alpha value is -2.38. The molecule has 1 aromatic heterocycles. The van der Waals surface area contributed by atoms with Crippen molar-refractivity contribution in [3.05, 3.63) is 47.8 Å². The van der Waals surface area contributed by atoms with Crippen LogP contribution in [0.4, 0.5) is 9.52 Å². The molecule has 0 bridgehead atoms. The fourth-order valence-electron chi connectivity index (χ4n) is 3.37. The van der Waals surface area contributed by atoms with Crippen molar-refractivity contribution in [3.8, 4) is 11.5 Å². The van der Waals surface area contributed by atoms with Gasteiger partial charge >= 0.3 is 0 Å². The molecule has 0 unspecified atom stereocenters. The molecule has 0 saturated carbocycles. The normalized spacial score (nSPS) is 15.3. The molecule has 142 valence electrons. The van der Waals surface area contributed by atoms with E-state index >= 15 is 0 Å². The lowest BCUT2D eigenvalue weighted by Gasteiger charge is -2.34. The molecule has 5 nitrogen and oxygen atoms in total. The lowest BCUT2D eigenvalue weighted by molar-refractivity contribution is 0.245. The first-order valence-corrected chi connectivity index (χ1v) is 9.72. The molecule has 1 fully saturated rings. The van der Waals surface area contributed by atoms with Crippen LogP contribution >= 0.6 is 11.3 Å². The van der Waals surface area contributed by atoms with Crippen molar-refractivity contribution < 1.29 is 13.9 Å².